The third-order valence-electron chi connectivity index (χ3n) is 3.63. The van der Waals surface area contributed by atoms with Crippen LogP contribution in [0, 0.1) is 0 Å². The predicted molar refractivity (Wildman–Crippen MR) is 82.8 cm³/mol. The average molecular weight is 358 g/mol. The first-order valence-electron chi connectivity index (χ1n) is 7.56. The minimum absolute atomic E-state index is 0.118. The molecule has 0 unspecified atom stereocenters. The molecule has 1 aliphatic heterocycles. The average Bonchev–Trinajstić information content (AvgIpc) is 2.58. The van der Waals surface area contributed by atoms with Crippen molar-refractivity contribution in [1.82, 2.24) is 4.90 Å². The largest absolute Gasteiger partial charge is 0.507 e. The van der Waals surface area contributed by atoms with Crippen molar-refractivity contribution in [3.05, 3.63) is 29.8 Å². The van der Waals surface area contributed by atoms with E-state index in [0.717, 1.165) is 0 Å². The number of Topliss-reactive ketones (excluding diaryl/α,β-unsaturated/α-hetero) is 1. The Balaban J connectivity index is 2.09. The van der Waals surface area contributed by atoms with Crippen molar-refractivity contribution < 1.29 is 32.6 Å². The Morgan fingerprint density at radius 2 is 1.84 bits per heavy atom. The molecule has 6 nitrogen and oxygen atoms in total. The van der Waals surface area contributed by atoms with Crippen molar-refractivity contribution in [1.29, 1.82) is 0 Å². The topological polar surface area (TPSA) is 79.2 Å². The Morgan fingerprint density at radius 3 is 2.44 bits per heavy atom. The van der Waals surface area contributed by atoms with Crippen LogP contribution in [-0.4, -0.2) is 66.4 Å². The monoisotopic (exact) mass is 358 g/mol. The lowest BCUT2D eigenvalue weighted by atomic mass is 10.1. The number of ether oxygens (including phenoxy) is 1. The third kappa shape index (κ3) is 5.28. The van der Waals surface area contributed by atoms with Gasteiger partial charge in [0.2, 0.25) is 5.91 Å². The van der Waals surface area contributed by atoms with Crippen LogP contribution < -0.4 is 0 Å². The van der Waals surface area contributed by atoms with Crippen LogP contribution in [0.1, 0.15) is 16.8 Å². The van der Waals surface area contributed by atoms with Gasteiger partial charge < -0.3 is 14.7 Å². The van der Waals surface area contributed by atoms with Gasteiger partial charge >= 0.3 is 6.18 Å². The molecule has 1 N–H and O–H groups in total. The van der Waals surface area contributed by atoms with Gasteiger partial charge in [-0.3, -0.25) is 14.6 Å². The number of halogens is 3. The zero-order chi connectivity index (χ0) is 18.4. The quantitative estimate of drug-likeness (QED) is 0.643. The van der Waals surface area contributed by atoms with Crippen molar-refractivity contribution >= 4 is 17.4 Å². The van der Waals surface area contributed by atoms with Gasteiger partial charge in [-0.1, -0.05) is 12.1 Å². The molecule has 1 amide bonds. The van der Waals surface area contributed by atoms with Gasteiger partial charge in [-0.25, -0.2) is 0 Å². The molecule has 9 heteroatoms. The minimum atomic E-state index is -4.82. The molecule has 1 aliphatic rings. The number of hydrogen-bond acceptors (Lipinski definition) is 5. The lowest BCUT2D eigenvalue weighted by Gasteiger charge is -2.27. The van der Waals surface area contributed by atoms with E-state index in [0.29, 0.717) is 0 Å². The molecule has 0 aromatic heterocycles. The molecule has 1 heterocycles. The molecule has 0 radical (unpaired) electrons. The number of nitrogens with zero attached hydrogens (tertiary/aromatic N) is 2. The highest BCUT2D eigenvalue weighted by Gasteiger charge is 2.37. The number of morpholine rings is 1. The van der Waals surface area contributed by atoms with Crippen LogP contribution in [0.15, 0.2) is 29.3 Å². The number of para-hydroxylation sites is 1. The van der Waals surface area contributed by atoms with Crippen molar-refractivity contribution in [3.63, 3.8) is 0 Å². The molecule has 0 aliphatic carbocycles. The van der Waals surface area contributed by atoms with Crippen molar-refractivity contribution in [2.24, 2.45) is 4.99 Å². The standard InChI is InChI=1S/C16H17F3N2O4/c17-16(18,19)14(9-15(24)21-5-7-25-8-6-21)20-10-13(23)11-3-1-2-4-12(11)22/h1-4,22H,5-10H2. The fourth-order valence-electron chi connectivity index (χ4n) is 2.28. The lowest BCUT2D eigenvalue weighted by molar-refractivity contribution is -0.134. The number of carbonyl (C=O) groups is 2. The van der Waals surface area contributed by atoms with E-state index >= 15 is 0 Å². The summed E-state index contributed by atoms with van der Waals surface area (Å²) in [6.45, 7) is 0.191. The molecular weight excluding hydrogens is 341 g/mol. The van der Waals surface area contributed by atoms with Crippen molar-refractivity contribution in [2.45, 2.75) is 12.6 Å². The van der Waals surface area contributed by atoms with Crippen LogP contribution in [0.2, 0.25) is 0 Å². The van der Waals surface area contributed by atoms with Crippen molar-refractivity contribution in [2.75, 3.05) is 32.8 Å². The first-order chi connectivity index (χ1) is 11.8. The molecule has 0 spiro atoms. The van der Waals surface area contributed by atoms with Gasteiger partial charge in [0, 0.05) is 13.1 Å². The molecule has 1 aromatic carbocycles. The van der Waals surface area contributed by atoms with Crippen LogP contribution in [0.3, 0.4) is 0 Å². The summed E-state index contributed by atoms with van der Waals surface area (Å²) in [5.74, 6) is -1.81. The van der Waals surface area contributed by atoms with E-state index in [9.17, 15) is 27.9 Å². The molecule has 25 heavy (non-hydrogen) atoms. The highest BCUT2D eigenvalue weighted by molar-refractivity contribution is 6.06. The maximum Gasteiger partial charge on any atom is 0.429 e. The van der Waals surface area contributed by atoms with Crippen LogP contribution >= 0.6 is 0 Å². The number of carbonyl (C=O) groups excluding carboxylic acids is 2. The summed E-state index contributed by atoms with van der Waals surface area (Å²) in [6, 6.07) is 5.50. The fraction of sp³-hybridized carbons (Fsp3) is 0.438. The fourth-order valence-corrected chi connectivity index (χ4v) is 2.28. The number of phenolic OH excluding ortho intramolecular Hbond substituents is 1. The number of alkyl halides is 3. The first kappa shape index (κ1) is 18.9. The van der Waals surface area contributed by atoms with E-state index in [4.69, 9.17) is 4.74 Å². The summed E-state index contributed by atoms with van der Waals surface area (Å²) in [4.78, 5) is 28.5. The van der Waals surface area contributed by atoms with Gasteiger partial charge in [-0.05, 0) is 12.1 Å². The number of hydrogen-bond donors (Lipinski definition) is 1. The number of benzene rings is 1. The molecule has 1 saturated heterocycles. The summed E-state index contributed by atoms with van der Waals surface area (Å²) in [6.07, 6.45) is -5.75. The Hall–Kier alpha value is -2.42. The van der Waals surface area contributed by atoms with Gasteiger partial charge in [-0.2, -0.15) is 13.2 Å². The van der Waals surface area contributed by atoms with E-state index in [-0.39, 0.29) is 37.6 Å². The van der Waals surface area contributed by atoms with Gasteiger partial charge in [0.15, 0.2) is 5.78 Å². The summed E-state index contributed by atoms with van der Waals surface area (Å²) < 4.78 is 44.3. The molecule has 0 saturated carbocycles. The molecule has 2 rings (SSSR count). The maximum atomic E-state index is 13.1. The number of aromatic hydroxyl groups is 1. The summed E-state index contributed by atoms with van der Waals surface area (Å²) in [5.41, 5.74) is -1.43. The molecule has 0 atom stereocenters. The van der Waals surface area contributed by atoms with E-state index in [1.807, 2.05) is 0 Å². The number of rotatable bonds is 5. The predicted octanol–water partition coefficient (Wildman–Crippen LogP) is 1.83. The van der Waals surface area contributed by atoms with E-state index in [1.165, 1.54) is 29.2 Å². The molecule has 0 bridgehead atoms. The zero-order valence-electron chi connectivity index (χ0n) is 13.3. The molecule has 1 aromatic rings. The van der Waals surface area contributed by atoms with Gasteiger partial charge in [-0.15, -0.1) is 0 Å². The highest BCUT2D eigenvalue weighted by atomic mass is 19.4. The second kappa shape index (κ2) is 8.11. The lowest BCUT2D eigenvalue weighted by Crippen LogP contribution is -2.42. The second-order valence-corrected chi connectivity index (χ2v) is 5.37. The number of amides is 1. The number of phenols is 1. The Kier molecular flexibility index (Phi) is 6.13. The molecule has 136 valence electrons. The Bertz CT molecular complexity index is 668. The molecular formula is C16H17F3N2O4. The van der Waals surface area contributed by atoms with Gasteiger partial charge in [0.05, 0.1) is 25.2 Å². The maximum absolute atomic E-state index is 13.1. The van der Waals surface area contributed by atoms with Crippen LogP contribution in [0.4, 0.5) is 13.2 Å². The van der Waals surface area contributed by atoms with E-state index < -0.39 is 36.5 Å². The van der Waals surface area contributed by atoms with Crippen LogP contribution in [-0.2, 0) is 9.53 Å². The van der Waals surface area contributed by atoms with Crippen LogP contribution in [0.25, 0.3) is 0 Å². The highest BCUT2D eigenvalue weighted by Crippen LogP contribution is 2.21. The summed E-state index contributed by atoms with van der Waals surface area (Å²) in [5, 5.41) is 9.56. The zero-order valence-corrected chi connectivity index (χ0v) is 13.3. The number of ketones is 1. The number of aliphatic imine (C=N–C) groups is 1. The Morgan fingerprint density at radius 1 is 1.20 bits per heavy atom. The van der Waals surface area contributed by atoms with Gasteiger partial charge in [0.25, 0.3) is 0 Å². The summed E-state index contributed by atoms with van der Waals surface area (Å²) >= 11 is 0. The first-order valence-corrected chi connectivity index (χ1v) is 7.56. The Labute approximate surface area is 141 Å². The van der Waals surface area contributed by atoms with E-state index in [1.54, 1.807) is 0 Å². The van der Waals surface area contributed by atoms with E-state index in [2.05, 4.69) is 4.99 Å². The second-order valence-electron chi connectivity index (χ2n) is 5.37. The van der Waals surface area contributed by atoms with Crippen LogP contribution in [0.5, 0.6) is 5.75 Å². The normalized spacial score (nSPS) is 16.0. The summed E-state index contributed by atoms with van der Waals surface area (Å²) in [7, 11) is 0. The van der Waals surface area contributed by atoms with Crippen molar-refractivity contribution in [3.8, 4) is 5.75 Å². The molecule has 1 fully saturated rings. The smallest absolute Gasteiger partial charge is 0.429 e. The minimum Gasteiger partial charge on any atom is -0.507 e. The van der Waals surface area contributed by atoms with Gasteiger partial charge in [0.1, 0.15) is 18.0 Å². The third-order valence-corrected chi connectivity index (χ3v) is 3.63. The SMILES string of the molecule is O=C(CN=C(CC(=O)N1CCOCC1)C(F)(F)F)c1ccccc1O.